The summed E-state index contributed by atoms with van der Waals surface area (Å²) in [6, 6.07) is 0. The van der Waals surface area contributed by atoms with Crippen LogP contribution in [0.2, 0.25) is 0 Å². The van der Waals surface area contributed by atoms with E-state index in [1.165, 1.54) is 0 Å². The molecule has 0 aliphatic carbocycles. The minimum Gasteiger partial charge on any atom is -0.461 e. The van der Waals surface area contributed by atoms with E-state index in [1.807, 2.05) is 0 Å². The predicted octanol–water partition coefficient (Wildman–Crippen LogP) is 1.69. The standard InChI is InChI=1S/C7H13FO2/c1-4-6(8)7(9)10-5(2)3/h5-6H,4H2,1-3H3. The number of alkyl halides is 1. The molecule has 0 aliphatic rings. The second kappa shape index (κ2) is 4.25. The van der Waals surface area contributed by atoms with Crippen molar-refractivity contribution in [2.45, 2.75) is 39.5 Å². The highest BCUT2D eigenvalue weighted by Gasteiger charge is 2.16. The zero-order chi connectivity index (χ0) is 8.15. The first-order valence-electron chi connectivity index (χ1n) is 3.42. The fourth-order valence-electron chi connectivity index (χ4n) is 0.473. The van der Waals surface area contributed by atoms with E-state index in [9.17, 15) is 9.18 Å². The van der Waals surface area contributed by atoms with Crippen molar-refractivity contribution in [2.75, 3.05) is 0 Å². The maximum absolute atomic E-state index is 12.4. The lowest BCUT2D eigenvalue weighted by molar-refractivity contribution is -0.153. The number of hydrogen-bond donors (Lipinski definition) is 0. The van der Waals surface area contributed by atoms with Gasteiger partial charge in [-0.05, 0) is 20.3 Å². The summed E-state index contributed by atoms with van der Waals surface area (Å²) in [5.74, 6) is -0.752. The summed E-state index contributed by atoms with van der Waals surface area (Å²) in [5, 5.41) is 0. The minimum absolute atomic E-state index is 0.186. The van der Waals surface area contributed by atoms with Gasteiger partial charge >= 0.3 is 5.97 Å². The average molecular weight is 148 g/mol. The van der Waals surface area contributed by atoms with E-state index >= 15 is 0 Å². The number of hydrogen-bond acceptors (Lipinski definition) is 2. The maximum Gasteiger partial charge on any atom is 0.340 e. The van der Waals surface area contributed by atoms with Crippen LogP contribution >= 0.6 is 0 Å². The number of carbonyl (C=O) groups excluding carboxylic acids is 1. The van der Waals surface area contributed by atoms with Crippen molar-refractivity contribution in [2.24, 2.45) is 0 Å². The molecule has 0 amide bonds. The molecule has 60 valence electrons. The Balaban J connectivity index is 3.62. The summed E-state index contributed by atoms with van der Waals surface area (Å²) < 4.78 is 17.0. The minimum atomic E-state index is -1.46. The van der Waals surface area contributed by atoms with Crippen molar-refractivity contribution < 1.29 is 13.9 Å². The van der Waals surface area contributed by atoms with Gasteiger partial charge in [0.1, 0.15) is 0 Å². The fourth-order valence-corrected chi connectivity index (χ4v) is 0.473. The van der Waals surface area contributed by atoms with Crippen molar-refractivity contribution in [3.8, 4) is 0 Å². The number of carbonyl (C=O) groups is 1. The maximum atomic E-state index is 12.4. The molecule has 0 fully saturated rings. The zero-order valence-corrected chi connectivity index (χ0v) is 6.56. The Bertz CT molecular complexity index is 112. The molecular formula is C7H13FO2. The molecular weight excluding hydrogens is 135 g/mol. The highest BCUT2D eigenvalue weighted by molar-refractivity contribution is 5.74. The lowest BCUT2D eigenvalue weighted by Gasteiger charge is -2.08. The molecule has 0 radical (unpaired) electrons. The van der Waals surface area contributed by atoms with Crippen LogP contribution in [0, 0.1) is 0 Å². The molecule has 0 rings (SSSR count). The smallest absolute Gasteiger partial charge is 0.340 e. The van der Waals surface area contributed by atoms with Crippen LogP contribution in [0.4, 0.5) is 4.39 Å². The lowest BCUT2D eigenvalue weighted by atomic mass is 10.3. The van der Waals surface area contributed by atoms with Crippen LogP contribution in [0.15, 0.2) is 0 Å². The second-order valence-corrected chi connectivity index (χ2v) is 2.36. The van der Waals surface area contributed by atoms with Gasteiger partial charge in [-0.3, -0.25) is 0 Å². The third kappa shape index (κ3) is 3.43. The zero-order valence-electron chi connectivity index (χ0n) is 6.56. The largest absolute Gasteiger partial charge is 0.461 e. The molecule has 0 aromatic carbocycles. The van der Waals surface area contributed by atoms with E-state index in [0.717, 1.165) is 0 Å². The summed E-state index contributed by atoms with van der Waals surface area (Å²) >= 11 is 0. The van der Waals surface area contributed by atoms with Crippen LogP contribution in [0.3, 0.4) is 0 Å². The van der Waals surface area contributed by atoms with Gasteiger partial charge in [-0.25, -0.2) is 9.18 Å². The molecule has 0 saturated carbocycles. The Morgan fingerprint density at radius 1 is 1.60 bits per heavy atom. The van der Waals surface area contributed by atoms with E-state index in [0.29, 0.717) is 0 Å². The molecule has 1 unspecified atom stereocenters. The van der Waals surface area contributed by atoms with Gasteiger partial charge < -0.3 is 4.74 Å². The molecule has 3 heteroatoms. The van der Waals surface area contributed by atoms with Crippen LogP contribution in [-0.2, 0) is 9.53 Å². The molecule has 0 aromatic rings. The van der Waals surface area contributed by atoms with Crippen LogP contribution < -0.4 is 0 Å². The summed E-state index contributed by atoms with van der Waals surface area (Å²) in [5.41, 5.74) is 0. The highest BCUT2D eigenvalue weighted by atomic mass is 19.1. The van der Waals surface area contributed by atoms with E-state index in [1.54, 1.807) is 20.8 Å². The van der Waals surface area contributed by atoms with Gasteiger partial charge in [-0.2, -0.15) is 0 Å². The fraction of sp³-hybridized carbons (Fsp3) is 0.857. The average Bonchev–Trinajstić information content (AvgIpc) is 1.85. The molecule has 0 aromatic heterocycles. The normalized spacial score (nSPS) is 13.3. The Labute approximate surface area is 60.4 Å². The van der Waals surface area contributed by atoms with Crippen LogP contribution in [-0.4, -0.2) is 18.2 Å². The molecule has 0 spiro atoms. The Morgan fingerprint density at radius 3 is 2.40 bits per heavy atom. The van der Waals surface area contributed by atoms with E-state index in [-0.39, 0.29) is 12.5 Å². The molecule has 0 aliphatic heterocycles. The third-order valence-corrected chi connectivity index (χ3v) is 0.966. The topological polar surface area (TPSA) is 26.3 Å². The quantitative estimate of drug-likeness (QED) is 0.569. The summed E-state index contributed by atoms with van der Waals surface area (Å²) in [7, 11) is 0. The monoisotopic (exact) mass is 148 g/mol. The Kier molecular flexibility index (Phi) is 4.00. The molecule has 10 heavy (non-hydrogen) atoms. The van der Waals surface area contributed by atoms with Gasteiger partial charge in [-0.1, -0.05) is 6.92 Å². The molecule has 1 atom stereocenters. The number of halogens is 1. The van der Waals surface area contributed by atoms with Crippen molar-refractivity contribution in [1.29, 1.82) is 0 Å². The van der Waals surface area contributed by atoms with Crippen LogP contribution in [0.5, 0.6) is 0 Å². The van der Waals surface area contributed by atoms with Crippen LogP contribution in [0.25, 0.3) is 0 Å². The first kappa shape index (κ1) is 9.40. The van der Waals surface area contributed by atoms with Crippen molar-refractivity contribution >= 4 is 5.97 Å². The van der Waals surface area contributed by atoms with Gasteiger partial charge in [0.25, 0.3) is 0 Å². The van der Waals surface area contributed by atoms with E-state index in [4.69, 9.17) is 0 Å². The van der Waals surface area contributed by atoms with Gasteiger partial charge in [0, 0.05) is 0 Å². The Hall–Kier alpha value is -0.600. The Morgan fingerprint density at radius 2 is 2.10 bits per heavy atom. The van der Waals surface area contributed by atoms with Crippen molar-refractivity contribution in [1.82, 2.24) is 0 Å². The molecule has 0 heterocycles. The number of rotatable bonds is 3. The van der Waals surface area contributed by atoms with Crippen molar-refractivity contribution in [3.05, 3.63) is 0 Å². The first-order valence-corrected chi connectivity index (χ1v) is 3.42. The van der Waals surface area contributed by atoms with Crippen molar-refractivity contribution in [3.63, 3.8) is 0 Å². The van der Waals surface area contributed by atoms with Crippen LogP contribution in [0.1, 0.15) is 27.2 Å². The molecule has 0 saturated heterocycles. The predicted molar refractivity (Wildman–Crippen MR) is 36.4 cm³/mol. The second-order valence-electron chi connectivity index (χ2n) is 2.36. The van der Waals surface area contributed by atoms with Gasteiger partial charge in [0.05, 0.1) is 6.10 Å². The molecule has 2 nitrogen and oxygen atoms in total. The number of esters is 1. The summed E-state index contributed by atoms with van der Waals surface area (Å²) in [6.45, 7) is 4.99. The lowest BCUT2D eigenvalue weighted by Crippen LogP contribution is -2.21. The van der Waals surface area contributed by atoms with E-state index in [2.05, 4.69) is 4.74 Å². The van der Waals surface area contributed by atoms with E-state index < -0.39 is 12.1 Å². The van der Waals surface area contributed by atoms with Gasteiger partial charge in [-0.15, -0.1) is 0 Å². The molecule has 0 bridgehead atoms. The molecule has 0 N–H and O–H groups in total. The SMILES string of the molecule is CCC(F)C(=O)OC(C)C. The van der Waals surface area contributed by atoms with Gasteiger partial charge in [0.15, 0.2) is 6.17 Å². The first-order chi connectivity index (χ1) is 4.57. The highest BCUT2D eigenvalue weighted by Crippen LogP contribution is 2.01. The number of ether oxygens (including phenoxy) is 1. The summed E-state index contributed by atoms with van der Waals surface area (Å²) in [4.78, 5) is 10.6. The summed E-state index contributed by atoms with van der Waals surface area (Å²) in [6.07, 6.45) is -1.49. The third-order valence-electron chi connectivity index (χ3n) is 0.966. The van der Waals surface area contributed by atoms with Gasteiger partial charge in [0.2, 0.25) is 0 Å².